The van der Waals surface area contributed by atoms with Gasteiger partial charge in [-0.3, -0.25) is 4.90 Å². The quantitative estimate of drug-likeness (QED) is 0.572. The molecule has 0 spiro atoms. The van der Waals surface area contributed by atoms with Crippen LogP contribution in [-0.4, -0.2) is 48.0 Å². The summed E-state index contributed by atoms with van der Waals surface area (Å²) in [5.74, 6) is -0.619. The Morgan fingerprint density at radius 2 is 1.76 bits per heavy atom. The lowest BCUT2D eigenvalue weighted by Crippen LogP contribution is -2.48. The summed E-state index contributed by atoms with van der Waals surface area (Å²) < 4.78 is 10.4. The predicted molar refractivity (Wildman–Crippen MR) is 76.4 cm³/mol. The molecule has 6 nitrogen and oxygen atoms in total. The Labute approximate surface area is 126 Å². The van der Waals surface area contributed by atoms with Crippen molar-refractivity contribution in [1.29, 1.82) is 5.26 Å². The van der Waals surface area contributed by atoms with Gasteiger partial charge in [0.05, 0.1) is 11.6 Å². The van der Waals surface area contributed by atoms with E-state index in [-0.39, 0.29) is 0 Å². The van der Waals surface area contributed by atoms with E-state index in [2.05, 4.69) is 0 Å². The minimum Gasteiger partial charge on any atom is -0.469 e. The maximum absolute atomic E-state index is 12.2. The van der Waals surface area contributed by atoms with Gasteiger partial charge in [-0.25, -0.2) is 9.59 Å². The van der Waals surface area contributed by atoms with Crippen molar-refractivity contribution >= 4 is 19.9 Å². The van der Waals surface area contributed by atoms with Crippen LogP contribution in [0, 0.1) is 11.3 Å². The molecule has 1 fully saturated rings. The smallest absolute Gasteiger partial charge is 0.412 e. The van der Waals surface area contributed by atoms with E-state index in [4.69, 9.17) is 22.6 Å². The van der Waals surface area contributed by atoms with Gasteiger partial charge in [0.15, 0.2) is 0 Å². The molecule has 114 valence electrons. The largest absolute Gasteiger partial charge is 0.469 e. The van der Waals surface area contributed by atoms with E-state index in [1.54, 1.807) is 34.6 Å². The van der Waals surface area contributed by atoms with Crippen LogP contribution in [0.2, 0.25) is 0 Å². The van der Waals surface area contributed by atoms with Gasteiger partial charge in [-0.05, 0) is 47.5 Å². The zero-order valence-electron chi connectivity index (χ0n) is 13.2. The van der Waals surface area contributed by atoms with Crippen molar-refractivity contribution in [1.82, 2.24) is 4.90 Å². The highest BCUT2D eigenvalue weighted by Gasteiger charge is 2.44. The molecule has 0 bridgehead atoms. The fourth-order valence-electron chi connectivity index (χ4n) is 2.07. The van der Waals surface area contributed by atoms with Gasteiger partial charge in [0.25, 0.3) is 0 Å². The molecule has 0 N–H and O–H groups in total. The first-order chi connectivity index (χ1) is 9.44. The molecule has 0 aromatic heterocycles. The summed E-state index contributed by atoms with van der Waals surface area (Å²) in [5, 5.41) is 9.14. The van der Waals surface area contributed by atoms with Gasteiger partial charge in [-0.2, -0.15) is 5.26 Å². The molecular formula is C14H21BN2O4. The SMILES string of the molecule is [B]C(C)(C)OC(=O)[C@@H]1CCC(C#N)N1C(=O)OC(C)(C)C. The van der Waals surface area contributed by atoms with Crippen molar-refractivity contribution in [2.45, 2.75) is 70.6 Å². The highest BCUT2D eigenvalue weighted by molar-refractivity contribution is 6.14. The first kappa shape index (κ1) is 17.3. The van der Waals surface area contributed by atoms with Gasteiger partial charge in [0.1, 0.15) is 25.5 Å². The van der Waals surface area contributed by atoms with Crippen molar-refractivity contribution in [2.24, 2.45) is 0 Å². The normalized spacial score (nSPS) is 22.6. The second kappa shape index (κ2) is 5.96. The summed E-state index contributed by atoms with van der Waals surface area (Å²) in [4.78, 5) is 25.5. The van der Waals surface area contributed by atoms with Crippen molar-refractivity contribution in [3.8, 4) is 6.07 Å². The molecule has 1 unspecified atom stereocenters. The lowest BCUT2D eigenvalue weighted by Gasteiger charge is -2.31. The number of ether oxygens (including phenoxy) is 2. The number of likely N-dealkylation sites (tertiary alicyclic amines) is 1. The number of nitrogens with zero attached hydrogens (tertiary/aromatic N) is 2. The average Bonchev–Trinajstić information content (AvgIpc) is 2.67. The summed E-state index contributed by atoms with van der Waals surface area (Å²) in [6.45, 7) is 8.24. The van der Waals surface area contributed by atoms with E-state index >= 15 is 0 Å². The predicted octanol–water partition coefficient (Wildman–Crippen LogP) is 1.73. The first-order valence-electron chi connectivity index (χ1n) is 6.87. The lowest BCUT2D eigenvalue weighted by molar-refractivity contribution is -0.155. The third-order valence-corrected chi connectivity index (χ3v) is 2.77. The van der Waals surface area contributed by atoms with E-state index in [1.807, 2.05) is 6.07 Å². The van der Waals surface area contributed by atoms with E-state index in [1.165, 1.54) is 0 Å². The standard InChI is InChI=1S/C14H21BN2O4/c1-13(2,3)21-12(19)17-9(8-16)6-7-10(17)11(18)20-14(4,5)15/h9-10H,6-7H2,1-5H3/t9?,10-/m0/s1. The summed E-state index contributed by atoms with van der Waals surface area (Å²) in [6, 6.07) is 0.478. The molecule has 0 aromatic carbocycles. The molecule has 0 aliphatic carbocycles. The number of rotatable bonds is 2. The monoisotopic (exact) mass is 292 g/mol. The maximum atomic E-state index is 12.2. The molecule has 1 aliphatic rings. The number of hydrogen-bond acceptors (Lipinski definition) is 5. The lowest BCUT2D eigenvalue weighted by atomic mass is 9.86. The molecule has 21 heavy (non-hydrogen) atoms. The van der Waals surface area contributed by atoms with Crippen LogP contribution in [0.15, 0.2) is 0 Å². The Balaban J connectivity index is 2.91. The van der Waals surface area contributed by atoms with Crippen LogP contribution in [-0.2, 0) is 14.3 Å². The molecule has 2 radical (unpaired) electrons. The summed E-state index contributed by atoms with van der Waals surface area (Å²) in [7, 11) is 5.65. The molecular weight excluding hydrogens is 271 g/mol. The first-order valence-corrected chi connectivity index (χ1v) is 6.87. The van der Waals surface area contributed by atoms with Crippen molar-refractivity contribution in [3.63, 3.8) is 0 Å². The van der Waals surface area contributed by atoms with Gasteiger partial charge < -0.3 is 9.47 Å². The topological polar surface area (TPSA) is 79.6 Å². The minimum atomic E-state index is -1.14. The van der Waals surface area contributed by atoms with Crippen LogP contribution in [0.5, 0.6) is 0 Å². The number of amides is 1. The highest BCUT2D eigenvalue weighted by Crippen LogP contribution is 2.28. The maximum Gasteiger partial charge on any atom is 0.412 e. The molecule has 2 atom stereocenters. The molecule has 1 heterocycles. The molecule has 7 heteroatoms. The summed E-state index contributed by atoms with van der Waals surface area (Å²) >= 11 is 0. The molecule has 0 aromatic rings. The Morgan fingerprint density at radius 3 is 2.19 bits per heavy atom. The van der Waals surface area contributed by atoms with Gasteiger partial charge in [-0.1, -0.05) is 0 Å². The minimum absolute atomic E-state index is 0.354. The van der Waals surface area contributed by atoms with Gasteiger partial charge in [0.2, 0.25) is 0 Å². The van der Waals surface area contributed by atoms with Gasteiger partial charge >= 0.3 is 12.1 Å². The summed E-state index contributed by atoms with van der Waals surface area (Å²) in [5.41, 5.74) is -1.84. The van der Waals surface area contributed by atoms with Gasteiger partial charge in [-0.15, -0.1) is 0 Å². The average molecular weight is 292 g/mol. The third-order valence-electron chi connectivity index (χ3n) is 2.77. The van der Waals surface area contributed by atoms with Crippen LogP contribution in [0.1, 0.15) is 47.5 Å². The molecule has 1 rings (SSSR count). The second-order valence-corrected chi connectivity index (χ2v) is 6.65. The van der Waals surface area contributed by atoms with Crippen LogP contribution in [0.25, 0.3) is 0 Å². The number of carbonyl (C=O) groups is 2. The summed E-state index contributed by atoms with van der Waals surface area (Å²) in [6.07, 6.45) is 0.0655. The molecule has 1 aliphatic heterocycles. The van der Waals surface area contributed by atoms with Crippen LogP contribution >= 0.6 is 0 Å². The van der Waals surface area contributed by atoms with E-state index in [0.29, 0.717) is 12.8 Å². The number of nitriles is 1. The Morgan fingerprint density at radius 1 is 1.19 bits per heavy atom. The Hall–Kier alpha value is -1.71. The van der Waals surface area contributed by atoms with Crippen LogP contribution < -0.4 is 0 Å². The number of carbonyl (C=O) groups excluding carboxylic acids is 2. The van der Waals surface area contributed by atoms with E-state index < -0.39 is 35.2 Å². The molecule has 0 saturated carbocycles. The van der Waals surface area contributed by atoms with Crippen LogP contribution in [0.4, 0.5) is 4.79 Å². The Kier molecular flexibility index (Phi) is 4.93. The third kappa shape index (κ3) is 4.96. The molecule has 1 amide bonds. The highest BCUT2D eigenvalue weighted by atomic mass is 16.6. The Bertz CT molecular complexity index is 459. The zero-order chi connectivity index (χ0) is 16.4. The fraction of sp³-hybridized carbons (Fsp3) is 0.786. The van der Waals surface area contributed by atoms with Gasteiger partial charge in [0, 0.05) is 0 Å². The van der Waals surface area contributed by atoms with Crippen molar-refractivity contribution in [2.75, 3.05) is 0 Å². The zero-order valence-corrected chi connectivity index (χ0v) is 13.2. The van der Waals surface area contributed by atoms with Crippen molar-refractivity contribution in [3.05, 3.63) is 0 Å². The van der Waals surface area contributed by atoms with E-state index in [9.17, 15) is 9.59 Å². The number of hydrogen-bond donors (Lipinski definition) is 0. The fourth-order valence-corrected chi connectivity index (χ4v) is 2.07. The van der Waals surface area contributed by atoms with E-state index in [0.717, 1.165) is 4.90 Å². The van der Waals surface area contributed by atoms with Crippen molar-refractivity contribution < 1.29 is 19.1 Å². The van der Waals surface area contributed by atoms with Crippen LogP contribution in [0.3, 0.4) is 0 Å². The molecule has 1 saturated heterocycles. The second-order valence-electron chi connectivity index (χ2n) is 6.65. The number of esters is 1.